The van der Waals surface area contributed by atoms with E-state index in [2.05, 4.69) is 34.0 Å². The lowest BCUT2D eigenvalue weighted by atomic mass is 9.94. The number of nitrogens with zero attached hydrogens (tertiary/aromatic N) is 1. The Bertz CT molecular complexity index is 644. The van der Waals surface area contributed by atoms with E-state index in [1.54, 1.807) is 13.8 Å². The summed E-state index contributed by atoms with van der Waals surface area (Å²) < 4.78 is 5.04. The molecule has 5 heteroatoms. The smallest absolute Gasteiger partial charge is 0.256 e. The summed E-state index contributed by atoms with van der Waals surface area (Å²) in [5.74, 6) is 0.429. The average Bonchev–Trinajstić information content (AvgIpc) is 2.84. The summed E-state index contributed by atoms with van der Waals surface area (Å²) in [5, 5.41) is 10.2. The van der Waals surface area contributed by atoms with Crippen LogP contribution in [-0.4, -0.2) is 24.2 Å². The third-order valence-electron chi connectivity index (χ3n) is 3.94. The molecule has 1 aliphatic rings. The normalized spacial score (nSPS) is 17.3. The first-order chi connectivity index (χ1) is 10.2. The van der Waals surface area contributed by atoms with Crippen molar-refractivity contribution in [3.05, 3.63) is 52.4 Å². The van der Waals surface area contributed by atoms with Gasteiger partial charge in [0.15, 0.2) is 0 Å². The monoisotopic (exact) mass is 285 g/mol. The second-order valence-electron chi connectivity index (χ2n) is 5.36. The quantitative estimate of drug-likeness (QED) is 0.904. The molecule has 21 heavy (non-hydrogen) atoms. The predicted octanol–water partition coefficient (Wildman–Crippen LogP) is 1.91. The first kappa shape index (κ1) is 13.8. The van der Waals surface area contributed by atoms with Crippen LogP contribution in [-0.2, 0) is 6.42 Å². The maximum absolute atomic E-state index is 12.3. The van der Waals surface area contributed by atoms with E-state index in [9.17, 15) is 4.79 Å². The van der Waals surface area contributed by atoms with Gasteiger partial charge in [-0.15, -0.1) is 0 Å². The van der Waals surface area contributed by atoms with Crippen molar-refractivity contribution in [2.45, 2.75) is 26.3 Å². The summed E-state index contributed by atoms with van der Waals surface area (Å²) in [6.07, 6.45) is 1.03. The van der Waals surface area contributed by atoms with Gasteiger partial charge in [0.2, 0.25) is 0 Å². The molecule has 110 valence electrons. The van der Waals surface area contributed by atoms with Crippen molar-refractivity contribution in [3.63, 3.8) is 0 Å². The van der Waals surface area contributed by atoms with Crippen LogP contribution < -0.4 is 10.6 Å². The Morgan fingerprint density at radius 3 is 3.00 bits per heavy atom. The van der Waals surface area contributed by atoms with Crippen molar-refractivity contribution in [1.29, 1.82) is 0 Å². The van der Waals surface area contributed by atoms with E-state index in [1.807, 2.05) is 6.07 Å². The molecule has 0 aliphatic carbocycles. The van der Waals surface area contributed by atoms with Gasteiger partial charge in [0, 0.05) is 12.6 Å². The molecule has 2 heterocycles. The number of fused-ring (bicyclic) bond motifs is 1. The van der Waals surface area contributed by atoms with Crippen molar-refractivity contribution in [3.8, 4) is 0 Å². The molecule has 1 unspecified atom stereocenters. The van der Waals surface area contributed by atoms with E-state index in [-0.39, 0.29) is 11.9 Å². The fraction of sp³-hybridized carbons (Fsp3) is 0.375. The first-order valence-corrected chi connectivity index (χ1v) is 7.19. The van der Waals surface area contributed by atoms with E-state index in [4.69, 9.17) is 4.52 Å². The number of hydrogen-bond donors (Lipinski definition) is 2. The highest BCUT2D eigenvalue weighted by Gasteiger charge is 2.22. The van der Waals surface area contributed by atoms with Gasteiger partial charge in [-0.05, 0) is 37.9 Å². The predicted molar refractivity (Wildman–Crippen MR) is 79.2 cm³/mol. The van der Waals surface area contributed by atoms with E-state index in [0.29, 0.717) is 23.6 Å². The van der Waals surface area contributed by atoms with Crippen LogP contribution in [0.2, 0.25) is 0 Å². The zero-order valence-corrected chi connectivity index (χ0v) is 12.3. The van der Waals surface area contributed by atoms with Crippen LogP contribution in [0.4, 0.5) is 0 Å². The summed E-state index contributed by atoms with van der Waals surface area (Å²) in [4.78, 5) is 12.3. The molecule has 3 rings (SSSR count). The first-order valence-electron chi connectivity index (χ1n) is 7.19. The summed E-state index contributed by atoms with van der Waals surface area (Å²) >= 11 is 0. The molecule has 2 aromatic rings. The van der Waals surface area contributed by atoms with Crippen LogP contribution in [0.5, 0.6) is 0 Å². The van der Waals surface area contributed by atoms with Crippen molar-refractivity contribution < 1.29 is 9.32 Å². The highest BCUT2D eigenvalue weighted by molar-refractivity contribution is 5.96. The molecular weight excluding hydrogens is 266 g/mol. The largest absolute Gasteiger partial charge is 0.361 e. The number of hydrogen-bond acceptors (Lipinski definition) is 4. The lowest BCUT2D eigenvalue weighted by Crippen LogP contribution is -2.39. The molecule has 0 bridgehead atoms. The van der Waals surface area contributed by atoms with E-state index >= 15 is 0 Å². The van der Waals surface area contributed by atoms with Gasteiger partial charge < -0.3 is 15.2 Å². The number of amides is 1. The molecule has 5 nitrogen and oxygen atoms in total. The summed E-state index contributed by atoms with van der Waals surface area (Å²) in [5.41, 5.74) is 3.79. The number of aryl methyl sites for hydroxylation is 2. The Kier molecular flexibility index (Phi) is 3.75. The molecule has 2 N–H and O–H groups in total. The molecule has 0 radical (unpaired) electrons. The highest BCUT2D eigenvalue weighted by atomic mass is 16.5. The number of carbonyl (C=O) groups excluding carboxylic acids is 1. The second-order valence-corrected chi connectivity index (χ2v) is 5.36. The SMILES string of the molecule is Cc1noc(C)c1C(=O)NCC1NCCc2ccccc21. The summed E-state index contributed by atoms with van der Waals surface area (Å²) in [7, 11) is 0. The van der Waals surface area contributed by atoms with E-state index < -0.39 is 0 Å². The molecule has 1 atom stereocenters. The average molecular weight is 285 g/mol. The van der Waals surface area contributed by atoms with Crippen molar-refractivity contribution in [1.82, 2.24) is 15.8 Å². The Hall–Kier alpha value is -2.14. The molecule has 1 aromatic carbocycles. The van der Waals surface area contributed by atoms with E-state index in [0.717, 1.165) is 13.0 Å². The number of benzene rings is 1. The number of rotatable bonds is 3. The van der Waals surface area contributed by atoms with Gasteiger partial charge in [-0.3, -0.25) is 4.79 Å². The van der Waals surface area contributed by atoms with Crippen molar-refractivity contribution in [2.75, 3.05) is 13.1 Å². The number of aromatic nitrogens is 1. The van der Waals surface area contributed by atoms with Crippen LogP contribution in [0.15, 0.2) is 28.8 Å². The van der Waals surface area contributed by atoms with Crippen molar-refractivity contribution in [2.24, 2.45) is 0 Å². The van der Waals surface area contributed by atoms with Crippen LogP contribution in [0.1, 0.15) is 39.0 Å². The standard InChI is InChI=1S/C16H19N3O2/c1-10-15(11(2)21-19-10)16(20)18-9-14-13-6-4-3-5-12(13)7-8-17-14/h3-6,14,17H,7-9H2,1-2H3,(H,18,20). The van der Waals surface area contributed by atoms with Gasteiger partial charge in [-0.1, -0.05) is 29.4 Å². The Morgan fingerprint density at radius 1 is 1.43 bits per heavy atom. The Labute approximate surface area is 123 Å². The fourth-order valence-corrected chi connectivity index (χ4v) is 2.87. The lowest BCUT2D eigenvalue weighted by Gasteiger charge is -2.27. The molecule has 1 aromatic heterocycles. The lowest BCUT2D eigenvalue weighted by molar-refractivity contribution is 0.0947. The maximum atomic E-state index is 12.3. The number of nitrogens with one attached hydrogen (secondary N) is 2. The highest BCUT2D eigenvalue weighted by Crippen LogP contribution is 2.22. The van der Waals surface area contributed by atoms with Crippen LogP contribution in [0.3, 0.4) is 0 Å². The minimum Gasteiger partial charge on any atom is -0.361 e. The topological polar surface area (TPSA) is 67.2 Å². The number of carbonyl (C=O) groups is 1. The van der Waals surface area contributed by atoms with Crippen LogP contribution in [0.25, 0.3) is 0 Å². The van der Waals surface area contributed by atoms with Gasteiger partial charge in [0.1, 0.15) is 11.3 Å². The minimum atomic E-state index is -0.129. The molecule has 0 saturated heterocycles. The van der Waals surface area contributed by atoms with Crippen molar-refractivity contribution >= 4 is 5.91 Å². The summed E-state index contributed by atoms with van der Waals surface area (Å²) in [6, 6.07) is 8.52. The second kappa shape index (κ2) is 5.69. The fourth-order valence-electron chi connectivity index (χ4n) is 2.87. The Morgan fingerprint density at radius 2 is 2.24 bits per heavy atom. The molecule has 1 amide bonds. The third kappa shape index (κ3) is 2.69. The van der Waals surface area contributed by atoms with Gasteiger partial charge in [0.25, 0.3) is 5.91 Å². The molecule has 0 fully saturated rings. The van der Waals surface area contributed by atoms with Gasteiger partial charge >= 0.3 is 0 Å². The van der Waals surface area contributed by atoms with Crippen LogP contribution in [0, 0.1) is 13.8 Å². The molecule has 1 aliphatic heterocycles. The molecular formula is C16H19N3O2. The van der Waals surface area contributed by atoms with Gasteiger partial charge in [-0.2, -0.15) is 0 Å². The minimum absolute atomic E-state index is 0.129. The Balaban J connectivity index is 1.70. The third-order valence-corrected chi connectivity index (χ3v) is 3.94. The zero-order valence-electron chi connectivity index (χ0n) is 12.3. The summed E-state index contributed by atoms with van der Waals surface area (Å²) in [6.45, 7) is 5.02. The van der Waals surface area contributed by atoms with Crippen LogP contribution >= 0.6 is 0 Å². The molecule has 0 spiro atoms. The van der Waals surface area contributed by atoms with Gasteiger partial charge in [0.05, 0.1) is 5.69 Å². The van der Waals surface area contributed by atoms with Gasteiger partial charge in [-0.25, -0.2) is 0 Å². The zero-order chi connectivity index (χ0) is 14.8. The maximum Gasteiger partial charge on any atom is 0.256 e. The van der Waals surface area contributed by atoms with E-state index in [1.165, 1.54) is 11.1 Å². The molecule has 0 saturated carbocycles.